The summed E-state index contributed by atoms with van der Waals surface area (Å²) in [4.78, 5) is 10.9. The van der Waals surface area contributed by atoms with E-state index >= 15 is 0 Å². The fourth-order valence-electron chi connectivity index (χ4n) is 2.42. The van der Waals surface area contributed by atoms with Gasteiger partial charge in [-0.3, -0.25) is 4.79 Å². The zero-order valence-electron chi connectivity index (χ0n) is 8.05. The minimum absolute atomic E-state index is 0.265. The van der Waals surface area contributed by atoms with Crippen LogP contribution in [0, 0.1) is 28.6 Å². The minimum atomic E-state index is -0.265. The molecule has 0 heterocycles. The molecule has 0 aliphatic heterocycles. The summed E-state index contributed by atoms with van der Waals surface area (Å²) in [5.74, 6) is 1.76. The van der Waals surface area contributed by atoms with Crippen molar-refractivity contribution in [1.29, 1.82) is 5.26 Å². The van der Waals surface area contributed by atoms with Gasteiger partial charge >= 0.3 is 0 Å². The molecule has 2 fully saturated rings. The van der Waals surface area contributed by atoms with Gasteiger partial charge in [-0.15, -0.1) is 0 Å². The average molecular weight is 177 g/mol. The monoisotopic (exact) mass is 177 g/mol. The van der Waals surface area contributed by atoms with Gasteiger partial charge in [0.15, 0.2) is 0 Å². The Bertz CT molecular complexity index is 264. The highest BCUT2D eigenvalue weighted by molar-refractivity contribution is 5.87. The van der Waals surface area contributed by atoms with E-state index in [0.29, 0.717) is 18.8 Å². The summed E-state index contributed by atoms with van der Waals surface area (Å²) in [7, 11) is 0. The van der Waals surface area contributed by atoms with Crippen molar-refractivity contribution in [2.24, 2.45) is 17.3 Å². The van der Waals surface area contributed by atoms with Crippen LogP contribution in [0.3, 0.4) is 0 Å². The molecule has 2 heteroatoms. The Balaban J connectivity index is 1.91. The van der Waals surface area contributed by atoms with Gasteiger partial charge in [0.2, 0.25) is 0 Å². The van der Waals surface area contributed by atoms with Gasteiger partial charge in [0.1, 0.15) is 5.78 Å². The van der Waals surface area contributed by atoms with Gasteiger partial charge in [0, 0.05) is 12.8 Å². The average Bonchev–Trinajstić information content (AvgIpc) is 2.82. The van der Waals surface area contributed by atoms with Crippen LogP contribution in [0.1, 0.15) is 39.0 Å². The molecule has 13 heavy (non-hydrogen) atoms. The SMILES string of the molecule is CC(CC1(C#N)CC(=O)C1)C1CC1. The second kappa shape index (κ2) is 2.83. The topological polar surface area (TPSA) is 40.9 Å². The van der Waals surface area contributed by atoms with Gasteiger partial charge < -0.3 is 0 Å². The van der Waals surface area contributed by atoms with E-state index in [2.05, 4.69) is 13.0 Å². The van der Waals surface area contributed by atoms with E-state index in [0.717, 1.165) is 12.3 Å². The van der Waals surface area contributed by atoms with E-state index in [-0.39, 0.29) is 11.2 Å². The van der Waals surface area contributed by atoms with Crippen molar-refractivity contribution in [2.75, 3.05) is 0 Å². The van der Waals surface area contributed by atoms with Crippen LogP contribution in [-0.4, -0.2) is 5.78 Å². The summed E-state index contributed by atoms with van der Waals surface area (Å²) in [6.45, 7) is 2.22. The molecular formula is C11H15NO. The largest absolute Gasteiger partial charge is 0.300 e. The lowest BCUT2D eigenvalue weighted by Gasteiger charge is -2.35. The molecule has 0 aromatic carbocycles. The number of hydrogen-bond acceptors (Lipinski definition) is 2. The maximum atomic E-state index is 10.9. The Morgan fingerprint density at radius 1 is 1.62 bits per heavy atom. The molecule has 2 rings (SSSR count). The van der Waals surface area contributed by atoms with Crippen LogP contribution in [0.15, 0.2) is 0 Å². The van der Waals surface area contributed by atoms with Crippen molar-refractivity contribution in [2.45, 2.75) is 39.0 Å². The second-order valence-electron chi connectivity index (χ2n) is 4.80. The molecule has 0 aromatic heterocycles. The highest BCUT2D eigenvalue weighted by Gasteiger charge is 2.46. The zero-order valence-corrected chi connectivity index (χ0v) is 8.05. The first-order valence-corrected chi connectivity index (χ1v) is 5.08. The first-order chi connectivity index (χ1) is 6.15. The number of ketones is 1. The predicted octanol–water partition coefficient (Wildman–Crippen LogP) is 2.30. The summed E-state index contributed by atoms with van der Waals surface area (Å²) in [5, 5.41) is 9.00. The lowest BCUT2D eigenvalue weighted by molar-refractivity contribution is -0.130. The molecule has 1 unspecified atom stereocenters. The van der Waals surface area contributed by atoms with E-state index in [1.165, 1.54) is 12.8 Å². The smallest absolute Gasteiger partial charge is 0.136 e. The minimum Gasteiger partial charge on any atom is -0.300 e. The van der Waals surface area contributed by atoms with Crippen LogP contribution in [0.25, 0.3) is 0 Å². The molecule has 2 nitrogen and oxygen atoms in total. The normalized spacial score (nSPS) is 27.5. The van der Waals surface area contributed by atoms with Crippen LogP contribution in [-0.2, 0) is 4.79 Å². The molecule has 2 aliphatic rings. The molecule has 0 bridgehead atoms. The molecule has 0 aromatic rings. The maximum absolute atomic E-state index is 10.9. The Morgan fingerprint density at radius 3 is 2.62 bits per heavy atom. The number of carbonyl (C=O) groups is 1. The van der Waals surface area contributed by atoms with Gasteiger partial charge in [-0.1, -0.05) is 6.92 Å². The molecule has 0 N–H and O–H groups in total. The second-order valence-corrected chi connectivity index (χ2v) is 4.80. The van der Waals surface area contributed by atoms with Crippen LogP contribution in [0.5, 0.6) is 0 Å². The van der Waals surface area contributed by atoms with Gasteiger partial charge in [-0.25, -0.2) is 0 Å². The molecule has 0 radical (unpaired) electrons. The number of nitriles is 1. The maximum Gasteiger partial charge on any atom is 0.136 e. The summed E-state index contributed by atoms with van der Waals surface area (Å²) < 4.78 is 0. The summed E-state index contributed by atoms with van der Waals surface area (Å²) in [6.07, 6.45) is 4.63. The number of Topliss-reactive ketones (excluding diaryl/α,β-unsaturated/α-hetero) is 1. The molecule has 1 atom stereocenters. The highest BCUT2D eigenvalue weighted by Crippen LogP contribution is 2.48. The van der Waals surface area contributed by atoms with Crippen LogP contribution in [0.2, 0.25) is 0 Å². The van der Waals surface area contributed by atoms with Crippen molar-refractivity contribution in [3.8, 4) is 6.07 Å². The van der Waals surface area contributed by atoms with Gasteiger partial charge in [-0.05, 0) is 31.1 Å². The van der Waals surface area contributed by atoms with Crippen molar-refractivity contribution in [3.63, 3.8) is 0 Å². The first kappa shape index (κ1) is 8.74. The van der Waals surface area contributed by atoms with Crippen molar-refractivity contribution < 1.29 is 4.79 Å². The fourth-order valence-corrected chi connectivity index (χ4v) is 2.42. The molecule has 70 valence electrons. The van der Waals surface area contributed by atoms with Gasteiger partial charge in [0.25, 0.3) is 0 Å². The lowest BCUT2D eigenvalue weighted by Crippen LogP contribution is -2.37. The van der Waals surface area contributed by atoms with Gasteiger partial charge in [-0.2, -0.15) is 5.26 Å². The molecule has 2 saturated carbocycles. The van der Waals surface area contributed by atoms with E-state index in [1.54, 1.807) is 0 Å². The van der Waals surface area contributed by atoms with E-state index < -0.39 is 0 Å². The Kier molecular flexibility index (Phi) is 1.91. The van der Waals surface area contributed by atoms with E-state index in [1.807, 2.05) is 0 Å². The molecule has 0 amide bonds. The number of carbonyl (C=O) groups excluding carboxylic acids is 1. The van der Waals surface area contributed by atoms with E-state index in [4.69, 9.17) is 5.26 Å². The first-order valence-electron chi connectivity index (χ1n) is 5.08. The fraction of sp³-hybridized carbons (Fsp3) is 0.818. The predicted molar refractivity (Wildman–Crippen MR) is 48.8 cm³/mol. The summed E-state index contributed by atoms with van der Waals surface area (Å²) >= 11 is 0. The summed E-state index contributed by atoms with van der Waals surface area (Å²) in [5.41, 5.74) is -0.265. The van der Waals surface area contributed by atoms with Crippen molar-refractivity contribution >= 4 is 5.78 Å². The molecule has 2 aliphatic carbocycles. The molecule has 0 saturated heterocycles. The summed E-state index contributed by atoms with van der Waals surface area (Å²) in [6, 6.07) is 2.34. The van der Waals surface area contributed by atoms with E-state index in [9.17, 15) is 4.79 Å². The van der Waals surface area contributed by atoms with Gasteiger partial charge in [0.05, 0.1) is 11.5 Å². The Labute approximate surface area is 78.9 Å². The molecular weight excluding hydrogens is 162 g/mol. The van der Waals surface area contributed by atoms with Crippen molar-refractivity contribution in [1.82, 2.24) is 0 Å². The van der Waals surface area contributed by atoms with Crippen molar-refractivity contribution in [3.05, 3.63) is 0 Å². The Morgan fingerprint density at radius 2 is 2.23 bits per heavy atom. The highest BCUT2D eigenvalue weighted by atomic mass is 16.1. The third kappa shape index (κ3) is 1.60. The quantitative estimate of drug-likeness (QED) is 0.663. The third-order valence-corrected chi connectivity index (χ3v) is 3.45. The number of rotatable bonds is 3. The van der Waals surface area contributed by atoms with Crippen LogP contribution < -0.4 is 0 Å². The zero-order chi connectivity index (χ0) is 9.47. The van der Waals surface area contributed by atoms with Crippen LogP contribution >= 0.6 is 0 Å². The third-order valence-electron chi connectivity index (χ3n) is 3.45. The molecule has 0 spiro atoms. The standard InChI is InChI=1S/C11H15NO/c1-8(9-2-3-9)4-11(7-12)5-10(13)6-11/h8-9H,2-6H2,1H3. The lowest BCUT2D eigenvalue weighted by atomic mass is 9.64. The number of nitrogens with zero attached hydrogens (tertiary/aromatic N) is 1. The Hall–Kier alpha value is -0.840. The van der Waals surface area contributed by atoms with Crippen LogP contribution in [0.4, 0.5) is 0 Å². The number of hydrogen-bond donors (Lipinski definition) is 0.